The van der Waals surface area contributed by atoms with Crippen LogP contribution in [0, 0.1) is 0 Å². The first kappa shape index (κ1) is 16.6. The number of ether oxygens (including phenoxy) is 2. The molecule has 0 aromatic heterocycles. The molecule has 0 saturated heterocycles. The van der Waals surface area contributed by atoms with Crippen molar-refractivity contribution in [2.75, 3.05) is 37.5 Å². The molecule has 1 aromatic rings. The first-order chi connectivity index (χ1) is 9.67. The van der Waals surface area contributed by atoms with Crippen molar-refractivity contribution in [3.05, 3.63) is 18.2 Å². The number of hydrogen-bond donors (Lipinski definition) is 1. The summed E-state index contributed by atoms with van der Waals surface area (Å²) in [5, 5.41) is 0. The van der Waals surface area contributed by atoms with Crippen molar-refractivity contribution in [1.82, 2.24) is 0 Å². The third-order valence-electron chi connectivity index (χ3n) is 3.55. The largest absolute Gasteiger partial charge is 0.492 e. The van der Waals surface area contributed by atoms with E-state index < -0.39 is 0 Å². The highest BCUT2D eigenvalue weighted by molar-refractivity contribution is 5.62. The molecule has 0 amide bonds. The summed E-state index contributed by atoms with van der Waals surface area (Å²) in [4.78, 5) is 2.38. The van der Waals surface area contributed by atoms with E-state index in [9.17, 15) is 0 Å². The van der Waals surface area contributed by atoms with E-state index >= 15 is 0 Å². The Morgan fingerprint density at radius 3 is 2.45 bits per heavy atom. The molecular weight excluding hydrogens is 252 g/mol. The van der Waals surface area contributed by atoms with Gasteiger partial charge in [-0.1, -0.05) is 13.8 Å². The van der Waals surface area contributed by atoms with Crippen molar-refractivity contribution in [2.24, 2.45) is 0 Å². The second-order valence-electron chi connectivity index (χ2n) is 4.81. The quantitative estimate of drug-likeness (QED) is 0.705. The molecule has 2 N–H and O–H groups in total. The predicted octanol–water partition coefficient (Wildman–Crippen LogP) is 3.31. The van der Waals surface area contributed by atoms with Crippen LogP contribution in [0.3, 0.4) is 0 Å². The molecule has 114 valence electrons. The van der Waals surface area contributed by atoms with Gasteiger partial charge in [-0.3, -0.25) is 0 Å². The average molecular weight is 280 g/mol. The Bertz CT molecular complexity index is 392. The van der Waals surface area contributed by atoms with E-state index in [0.29, 0.717) is 24.9 Å². The van der Waals surface area contributed by atoms with Crippen LogP contribution in [-0.2, 0) is 4.74 Å². The minimum atomic E-state index is 0.503. The van der Waals surface area contributed by atoms with Crippen molar-refractivity contribution >= 4 is 11.4 Å². The van der Waals surface area contributed by atoms with Crippen LogP contribution < -0.4 is 15.4 Å². The number of nitrogen functional groups attached to an aromatic ring is 1. The number of hydrogen-bond acceptors (Lipinski definition) is 4. The topological polar surface area (TPSA) is 47.7 Å². The number of benzene rings is 1. The van der Waals surface area contributed by atoms with Crippen molar-refractivity contribution in [2.45, 2.75) is 39.7 Å². The van der Waals surface area contributed by atoms with E-state index in [0.717, 1.165) is 30.8 Å². The van der Waals surface area contributed by atoms with E-state index in [1.807, 2.05) is 19.1 Å². The van der Waals surface area contributed by atoms with Crippen molar-refractivity contribution < 1.29 is 9.47 Å². The zero-order valence-electron chi connectivity index (χ0n) is 13.2. The second kappa shape index (κ2) is 8.69. The third-order valence-corrected chi connectivity index (χ3v) is 3.55. The summed E-state index contributed by atoms with van der Waals surface area (Å²) in [6.07, 6.45) is 2.21. The van der Waals surface area contributed by atoms with E-state index in [1.54, 1.807) is 7.11 Å². The fourth-order valence-corrected chi connectivity index (χ4v) is 2.42. The SMILES string of the molecule is CCOc1cc(N(CCOC)C(CC)CC)ccc1N. The second-order valence-corrected chi connectivity index (χ2v) is 4.81. The Labute approximate surface area is 122 Å². The van der Waals surface area contributed by atoms with Gasteiger partial charge in [0.2, 0.25) is 0 Å². The summed E-state index contributed by atoms with van der Waals surface area (Å²) in [6, 6.07) is 6.52. The molecule has 0 aliphatic carbocycles. The van der Waals surface area contributed by atoms with Gasteiger partial charge in [0.05, 0.1) is 18.9 Å². The van der Waals surface area contributed by atoms with Gasteiger partial charge in [-0.2, -0.15) is 0 Å². The van der Waals surface area contributed by atoms with Gasteiger partial charge in [-0.05, 0) is 31.9 Å². The molecule has 0 radical (unpaired) electrons. The molecule has 1 rings (SSSR count). The van der Waals surface area contributed by atoms with Crippen molar-refractivity contribution in [3.63, 3.8) is 0 Å². The van der Waals surface area contributed by atoms with Crippen LogP contribution in [0.4, 0.5) is 11.4 Å². The molecule has 0 atom stereocenters. The van der Waals surface area contributed by atoms with Gasteiger partial charge in [0.1, 0.15) is 5.75 Å². The fraction of sp³-hybridized carbons (Fsp3) is 0.625. The van der Waals surface area contributed by atoms with Gasteiger partial charge < -0.3 is 20.1 Å². The standard InChI is InChI=1S/C16H28N2O2/c1-5-13(6-2)18(10-11-19-4)14-8-9-15(17)16(12-14)20-7-3/h8-9,12-13H,5-7,10-11,17H2,1-4H3. The molecule has 0 heterocycles. The summed E-state index contributed by atoms with van der Waals surface area (Å²) in [6.45, 7) is 8.61. The molecule has 1 aromatic carbocycles. The Balaban J connectivity index is 3.02. The molecule has 4 heteroatoms. The third kappa shape index (κ3) is 4.30. The van der Waals surface area contributed by atoms with Crippen LogP contribution in [0.15, 0.2) is 18.2 Å². The van der Waals surface area contributed by atoms with Crippen molar-refractivity contribution in [3.8, 4) is 5.75 Å². The summed E-state index contributed by atoms with van der Waals surface area (Å²) in [5.74, 6) is 0.762. The summed E-state index contributed by atoms with van der Waals surface area (Å²) in [5.41, 5.74) is 7.78. The minimum Gasteiger partial charge on any atom is -0.492 e. The summed E-state index contributed by atoms with van der Waals surface area (Å²) < 4.78 is 10.8. The Morgan fingerprint density at radius 1 is 1.20 bits per heavy atom. The van der Waals surface area contributed by atoms with Gasteiger partial charge in [-0.15, -0.1) is 0 Å². The lowest BCUT2D eigenvalue weighted by atomic mass is 10.1. The maximum absolute atomic E-state index is 5.95. The van der Waals surface area contributed by atoms with Crippen LogP contribution in [0.1, 0.15) is 33.6 Å². The van der Waals surface area contributed by atoms with Crippen LogP contribution in [0.2, 0.25) is 0 Å². The molecule has 0 saturated carbocycles. The van der Waals surface area contributed by atoms with Crippen LogP contribution >= 0.6 is 0 Å². The normalized spacial score (nSPS) is 10.8. The minimum absolute atomic E-state index is 0.503. The molecule has 0 unspecified atom stereocenters. The monoisotopic (exact) mass is 280 g/mol. The zero-order valence-corrected chi connectivity index (χ0v) is 13.2. The lowest BCUT2D eigenvalue weighted by molar-refractivity contribution is 0.202. The maximum atomic E-state index is 5.95. The molecule has 0 spiro atoms. The van der Waals surface area contributed by atoms with Gasteiger partial charge in [0.25, 0.3) is 0 Å². The first-order valence-corrected chi connectivity index (χ1v) is 7.45. The lowest BCUT2D eigenvalue weighted by Gasteiger charge is -2.33. The van der Waals surface area contributed by atoms with E-state index in [1.165, 1.54) is 0 Å². The molecule has 0 bridgehead atoms. The highest BCUT2D eigenvalue weighted by Gasteiger charge is 2.16. The smallest absolute Gasteiger partial charge is 0.144 e. The Hall–Kier alpha value is -1.42. The number of methoxy groups -OCH3 is 1. The number of nitrogens with zero attached hydrogens (tertiary/aromatic N) is 1. The Morgan fingerprint density at radius 2 is 1.90 bits per heavy atom. The van der Waals surface area contributed by atoms with Gasteiger partial charge in [-0.25, -0.2) is 0 Å². The molecule has 0 fully saturated rings. The predicted molar refractivity (Wildman–Crippen MR) is 85.6 cm³/mol. The molecule has 0 aliphatic heterocycles. The molecular formula is C16H28N2O2. The van der Waals surface area contributed by atoms with Crippen LogP contribution in [-0.4, -0.2) is 32.9 Å². The molecule has 20 heavy (non-hydrogen) atoms. The van der Waals surface area contributed by atoms with Crippen LogP contribution in [0.25, 0.3) is 0 Å². The first-order valence-electron chi connectivity index (χ1n) is 7.45. The molecule has 0 aliphatic rings. The lowest BCUT2D eigenvalue weighted by Crippen LogP contribution is -2.37. The average Bonchev–Trinajstić information content (AvgIpc) is 2.46. The van der Waals surface area contributed by atoms with Crippen molar-refractivity contribution in [1.29, 1.82) is 0 Å². The zero-order chi connectivity index (χ0) is 15.0. The van der Waals surface area contributed by atoms with Crippen LogP contribution in [0.5, 0.6) is 5.75 Å². The van der Waals surface area contributed by atoms with Gasteiger partial charge in [0, 0.05) is 31.5 Å². The molecule has 4 nitrogen and oxygen atoms in total. The van der Waals surface area contributed by atoms with Gasteiger partial charge in [0.15, 0.2) is 0 Å². The highest BCUT2D eigenvalue weighted by Crippen LogP contribution is 2.29. The van der Waals surface area contributed by atoms with E-state index in [2.05, 4.69) is 24.8 Å². The fourth-order valence-electron chi connectivity index (χ4n) is 2.42. The van der Waals surface area contributed by atoms with E-state index in [4.69, 9.17) is 15.2 Å². The summed E-state index contributed by atoms with van der Waals surface area (Å²) >= 11 is 0. The van der Waals surface area contributed by atoms with Gasteiger partial charge >= 0.3 is 0 Å². The summed E-state index contributed by atoms with van der Waals surface area (Å²) in [7, 11) is 1.74. The maximum Gasteiger partial charge on any atom is 0.144 e. The van der Waals surface area contributed by atoms with E-state index in [-0.39, 0.29) is 0 Å². The number of anilines is 2. The number of nitrogens with two attached hydrogens (primary N) is 1. The number of rotatable bonds is 9. The highest BCUT2D eigenvalue weighted by atomic mass is 16.5. The Kier molecular flexibility index (Phi) is 7.23.